The summed E-state index contributed by atoms with van der Waals surface area (Å²) >= 11 is 0. The van der Waals surface area contributed by atoms with Gasteiger partial charge in [-0.25, -0.2) is 0 Å². The number of carboxylic acids is 1. The largest absolute Gasteiger partial charge is 0.481 e. The number of nitrogens with one attached hydrogen (secondary N) is 1. The van der Waals surface area contributed by atoms with E-state index in [9.17, 15) is 9.59 Å². The van der Waals surface area contributed by atoms with Crippen LogP contribution in [0.3, 0.4) is 0 Å². The normalized spacial score (nSPS) is 24.8. The fourth-order valence-corrected chi connectivity index (χ4v) is 1.37. The molecule has 2 unspecified atom stereocenters. The molecule has 14 heavy (non-hydrogen) atoms. The Labute approximate surface area is 83.7 Å². The van der Waals surface area contributed by atoms with E-state index in [1.165, 1.54) is 0 Å². The van der Waals surface area contributed by atoms with Gasteiger partial charge in [-0.3, -0.25) is 9.59 Å². The Bertz CT molecular complexity index is 238. The molecule has 0 bridgehead atoms. The van der Waals surface area contributed by atoms with Gasteiger partial charge in [-0.1, -0.05) is 13.8 Å². The van der Waals surface area contributed by atoms with E-state index in [4.69, 9.17) is 5.11 Å². The minimum atomic E-state index is -0.853. The summed E-state index contributed by atoms with van der Waals surface area (Å²) in [5.74, 6) is -1.11. The SMILES string of the molecule is CC(C)CCNC(=O)C1CC1C(=O)O. The van der Waals surface area contributed by atoms with Crippen molar-refractivity contribution in [3.63, 3.8) is 0 Å². The van der Waals surface area contributed by atoms with Gasteiger partial charge in [-0.05, 0) is 18.8 Å². The van der Waals surface area contributed by atoms with Gasteiger partial charge in [0.2, 0.25) is 5.91 Å². The Hall–Kier alpha value is -1.06. The third-order valence-corrected chi connectivity index (χ3v) is 2.47. The van der Waals surface area contributed by atoms with E-state index >= 15 is 0 Å². The van der Waals surface area contributed by atoms with Gasteiger partial charge in [0, 0.05) is 6.54 Å². The summed E-state index contributed by atoms with van der Waals surface area (Å²) in [4.78, 5) is 21.8. The van der Waals surface area contributed by atoms with Crippen LogP contribution in [-0.2, 0) is 9.59 Å². The third kappa shape index (κ3) is 3.01. The first-order valence-corrected chi connectivity index (χ1v) is 5.03. The highest BCUT2D eigenvalue weighted by Gasteiger charge is 2.48. The molecule has 0 aromatic heterocycles. The third-order valence-electron chi connectivity index (χ3n) is 2.47. The Morgan fingerprint density at radius 3 is 2.50 bits per heavy atom. The molecular weight excluding hydrogens is 182 g/mol. The molecule has 1 aliphatic carbocycles. The predicted molar refractivity (Wildman–Crippen MR) is 51.7 cm³/mol. The van der Waals surface area contributed by atoms with Gasteiger partial charge in [0.15, 0.2) is 0 Å². The minimum Gasteiger partial charge on any atom is -0.481 e. The van der Waals surface area contributed by atoms with Crippen LogP contribution >= 0.6 is 0 Å². The molecule has 1 amide bonds. The lowest BCUT2D eigenvalue weighted by atomic mass is 10.1. The highest BCUT2D eigenvalue weighted by molar-refractivity contribution is 5.89. The number of aliphatic carboxylic acids is 1. The van der Waals surface area contributed by atoms with Gasteiger partial charge in [-0.2, -0.15) is 0 Å². The first kappa shape index (κ1) is 11.0. The van der Waals surface area contributed by atoms with Crippen LogP contribution in [0, 0.1) is 17.8 Å². The van der Waals surface area contributed by atoms with Gasteiger partial charge in [-0.15, -0.1) is 0 Å². The highest BCUT2D eigenvalue weighted by atomic mass is 16.4. The van der Waals surface area contributed by atoms with E-state index in [2.05, 4.69) is 19.2 Å². The standard InChI is InChI=1S/C10H17NO3/c1-6(2)3-4-11-9(12)7-5-8(7)10(13)14/h6-8H,3-5H2,1-2H3,(H,11,12)(H,13,14). The quantitative estimate of drug-likeness (QED) is 0.690. The molecule has 80 valence electrons. The molecule has 0 aromatic carbocycles. The Morgan fingerprint density at radius 2 is 2.07 bits per heavy atom. The van der Waals surface area contributed by atoms with E-state index in [0.717, 1.165) is 6.42 Å². The maximum absolute atomic E-state index is 11.3. The molecule has 0 radical (unpaired) electrons. The van der Waals surface area contributed by atoms with Gasteiger partial charge in [0.1, 0.15) is 0 Å². The lowest BCUT2D eigenvalue weighted by Gasteiger charge is -2.06. The summed E-state index contributed by atoms with van der Waals surface area (Å²) in [6.45, 7) is 4.83. The van der Waals surface area contributed by atoms with Crippen LogP contribution in [0.25, 0.3) is 0 Å². The van der Waals surface area contributed by atoms with Crippen LogP contribution in [0.5, 0.6) is 0 Å². The monoisotopic (exact) mass is 199 g/mol. The zero-order valence-electron chi connectivity index (χ0n) is 8.62. The van der Waals surface area contributed by atoms with Crippen molar-refractivity contribution in [3.05, 3.63) is 0 Å². The van der Waals surface area contributed by atoms with Crippen LogP contribution in [0.15, 0.2) is 0 Å². The molecule has 2 atom stereocenters. The molecule has 0 spiro atoms. The molecule has 1 saturated carbocycles. The summed E-state index contributed by atoms with van der Waals surface area (Å²) in [5, 5.41) is 11.4. The van der Waals surface area contributed by atoms with E-state index in [1.807, 2.05) is 0 Å². The molecule has 4 nitrogen and oxygen atoms in total. The lowest BCUT2D eigenvalue weighted by molar-refractivity contribution is -0.140. The average Bonchev–Trinajstić information content (AvgIpc) is 2.81. The molecule has 0 aromatic rings. The minimum absolute atomic E-state index is 0.0990. The van der Waals surface area contributed by atoms with Crippen LogP contribution in [0.1, 0.15) is 26.7 Å². The zero-order valence-corrected chi connectivity index (χ0v) is 8.62. The number of hydrogen-bond donors (Lipinski definition) is 2. The first-order chi connectivity index (χ1) is 6.52. The number of hydrogen-bond acceptors (Lipinski definition) is 2. The number of rotatable bonds is 5. The Morgan fingerprint density at radius 1 is 1.43 bits per heavy atom. The van der Waals surface area contributed by atoms with Crippen molar-refractivity contribution in [2.75, 3.05) is 6.54 Å². The number of carboxylic acid groups (broad SMARTS) is 1. The van der Waals surface area contributed by atoms with Gasteiger partial charge < -0.3 is 10.4 Å². The van der Waals surface area contributed by atoms with E-state index in [1.54, 1.807) is 0 Å². The Balaban J connectivity index is 2.15. The molecule has 0 saturated heterocycles. The average molecular weight is 199 g/mol. The van der Waals surface area contributed by atoms with Gasteiger partial charge in [0.05, 0.1) is 11.8 Å². The molecular formula is C10H17NO3. The zero-order chi connectivity index (χ0) is 10.7. The summed E-state index contributed by atoms with van der Waals surface area (Å²) in [5.41, 5.74) is 0. The van der Waals surface area contributed by atoms with E-state index < -0.39 is 11.9 Å². The molecule has 2 N–H and O–H groups in total. The van der Waals surface area contributed by atoms with Crippen molar-refractivity contribution < 1.29 is 14.7 Å². The van der Waals surface area contributed by atoms with Crippen molar-refractivity contribution in [1.82, 2.24) is 5.32 Å². The maximum atomic E-state index is 11.3. The molecule has 1 aliphatic rings. The topological polar surface area (TPSA) is 66.4 Å². The smallest absolute Gasteiger partial charge is 0.307 e. The molecule has 1 fully saturated rings. The van der Waals surface area contributed by atoms with Gasteiger partial charge >= 0.3 is 5.97 Å². The van der Waals surface area contributed by atoms with Crippen molar-refractivity contribution >= 4 is 11.9 Å². The predicted octanol–water partition coefficient (Wildman–Crippen LogP) is 0.869. The van der Waals surface area contributed by atoms with Crippen molar-refractivity contribution in [2.45, 2.75) is 26.7 Å². The summed E-state index contributed by atoms with van der Waals surface area (Å²) in [6.07, 6.45) is 1.44. The van der Waals surface area contributed by atoms with Gasteiger partial charge in [0.25, 0.3) is 0 Å². The highest BCUT2D eigenvalue weighted by Crippen LogP contribution is 2.38. The van der Waals surface area contributed by atoms with Crippen molar-refractivity contribution in [1.29, 1.82) is 0 Å². The second-order valence-electron chi connectivity index (χ2n) is 4.26. The van der Waals surface area contributed by atoms with Crippen LogP contribution < -0.4 is 5.32 Å². The summed E-state index contributed by atoms with van der Waals surface area (Å²) in [6, 6.07) is 0. The second kappa shape index (κ2) is 4.44. The van der Waals surface area contributed by atoms with Crippen molar-refractivity contribution in [3.8, 4) is 0 Å². The fraction of sp³-hybridized carbons (Fsp3) is 0.800. The second-order valence-corrected chi connectivity index (χ2v) is 4.26. The van der Waals surface area contributed by atoms with Crippen LogP contribution in [-0.4, -0.2) is 23.5 Å². The van der Waals surface area contributed by atoms with Crippen LogP contribution in [0.4, 0.5) is 0 Å². The summed E-state index contributed by atoms with van der Waals surface area (Å²) < 4.78 is 0. The molecule has 0 heterocycles. The lowest BCUT2D eigenvalue weighted by Crippen LogP contribution is -2.28. The fourth-order valence-electron chi connectivity index (χ4n) is 1.37. The number of carbonyl (C=O) groups is 2. The molecule has 0 aliphatic heterocycles. The van der Waals surface area contributed by atoms with Crippen molar-refractivity contribution in [2.24, 2.45) is 17.8 Å². The Kier molecular flexibility index (Phi) is 3.49. The van der Waals surface area contributed by atoms with E-state index in [-0.39, 0.29) is 11.8 Å². The summed E-state index contributed by atoms with van der Waals surface area (Å²) in [7, 11) is 0. The number of carbonyl (C=O) groups excluding carboxylic acids is 1. The van der Waals surface area contributed by atoms with E-state index in [0.29, 0.717) is 18.9 Å². The maximum Gasteiger partial charge on any atom is 0.307 e. The molecule has 1 rings (SSSR count). The number of amides is 1. The molecule has 4 heteroatoms. The first-order valence-electron chi connectivity index (χ1n) is 5.03. The van der Waals surface area contributed by atoms with Crippen LogP contribution in [0.2, 0.25) is 0 Å².